The smallest absolute Gasteiger partial charge is 0.123 e. The minimum absolute atomic E-state index is 0.103. The van der Waals surface area contributed by atoms with Crippen LogP contribution in [0.25, 0.3) is 0 Å². The first-order valence-corrected chi connectivity index (χ1v) is 11.7. The molecule has 0 radical (unpaired) electrons. The molecule has 0 amide bonds. The first kappa shape index (κ1) is 20.6. The van der Waals surface area contributed by atoms with Crippen LogP contribution in [-0.4, -0.2) is 0 Å². The Bertz CT molecular complexity index is 550. The number of halogens is 1. The van der Waals surface area contributed by atoms with Gasteiger partial charge in [-0.25, -0.2) is 4.39 Å². The third-order valence-corrected chi connectivity index (χ3v) is 7.19. The van der Waals surface area contributed by atoms with Crippen molar-refractivity contribution in [2.24, 2.45) is 17.8 Å². The maximum atomic E-state index is 13.5. The summed E-state index contributed by atoms with van der Waals surface area (Å²) in [7, 11) is 0. The highest BCUT2D eigenvalue weighted by atomic mass is 19.1. The van der Waals surface area contributed by atoms with Crippen molar-refractivity contribution in [1.29, 1.82) is 0 Å². The summed E-state index contributed by atoms with van der Waals surface area (Å²) in [5.74, 6) is 3.10. The summed E-state index contributed by atoms with van der Waals surface area (Å²) in [6.45, 7) is 2.29. The van der Waals surface area contributed by atoms with Crippen molar-refractivity contribution in [2.45, 2.75) is 96.3 Å². The van der Waals surface area contributed by atoms with Crippen LogP contribution in [0.3, 0.4) is 0 Å². The maximum Gasteiger partial charge on any atom is 0.123 e. The molecule has 2 aliphatic rings. The van der Waals surface area contributed by atoms with E-state index in [0.29, 0.717) is 5.92 Å². The predicted molar refractivity (Wildman–Crippen MR) is 114 cm³/mol. The van der Waals surface area contributed by atoms with E-state index in [1.54, 1.807) is 12.1 Å². The molecule has 1 aromatic carbocycles. The molecule has 1 saturated carbocycles. The van der Waals surface area contributed by atoms with Crippen molar-refractivity contribution in [3.63, 3.8) is 0 Å². The van der Waals surface area contributed by atoms with Crippen LogP contribution < -0.4 is 0 Å². The van der Waals surface area contributed by atoms with Crippen molar-refractivity contribution in [2.75, 3.05) is 0 Å². The summed E-state index contributed by atoms with van der Waals surface area (Å²) in [5, 5.41) is 0. The Balaban J connectivity index is 1.57. The van der Waals surface area contributed by atoms with Gasteiger partial charge in [0, 0.05) is 0 Å². The van der Waals surface area contributed by atoms with Gasteiger partial charge in [-0.3, -0.25) is 0 Å². The molecule has 0 bridgehead atoms. The van der Waals surface area contributed by atoms with E-state index in [-0.39, 0.29) is 5.82 Å². The zero-order valence-corrected chi connectivity index (χ0v) is 17.3. The van der Waals surface area contributed by atoms with Crippen LogP contribution in [-0.2, 0) is 0 Å². The number of rotatable bonds is 9. The average Bonchev–Trinajstić information content (AvgIpc) is 2.72. The van der Waals surface area contributed by atoms with Crippen molar-refractivity contribution in [3.8, 4) is 0 Å². The second-order valence-corrected chi connectivity index (χ2v) is 9.17. The number of unbranched alkanes of at least 4 members (excludes halogenated alkanes) is 3. The first-order valence-electron chi connectivity index (χ1n) is 11.7. The van der Waals surface area contributed by atoms with Gasteiger partial charge in [0.15, 0.2) is 0 Å². The zero-order chi connectivity index (χ0) is 18.9. The summed E-state index contributed by atoms with van der Waals surface area (Å²) in [6.07, 6.45) is 22.4. The summed E-state index contributed by atoms with van der Waals surface area (Å²) in [4.78, 5) is 0. The average molecular weight is 371 g/mol. The lowest BCUT2D eigenvalue weighted by atomic mass is 9.69. The second-order valence-electron chi connectivity index (χ2n) is 9.17. The molecule has 2 unspecified atom stereocenters. The molecule has 0 saturated heterocycles. The fourth-order valence-corrected chi connectivity index (χ4v) is 5.48. The van der Waals surface area contributed by atoms with E-state index in [9.17, 15) is 4.39 Å². The molecule has 2 aliphatic carbocycles. The van der Waals surface area contributed by atoms with Gasteiger partial charge in [-0.2, -0.15) is 0 Å². The molecule has 1 fully saturated rings. The number of hydrogen-bond donors (Lipinski definition) is 0. The van der Waals surface area contributed by atoms with Crippen LogP contribution in [0.2, 0.25) is 0 Å². The molecule has 0 nitrogen and oxygen atoms in total. The monoisotopic (exact) mass is 370 g/mol. The number of benzene rings is 1. The van der Waals surface area contributed by atoms with Crippen LogP contribution in [0.5, 0.6) is 0 Å². The highest BCUT2D eigenvalue weighted by Gasteiger charge is 2.30. The third-order valence-electron chi connectivity index (χ3n) is 7.19. The molecule has 0 aromatic heterocycles. The van der Waals surface area contributed by atoms with E-state index in [4.69, 9.17) is 0 Å². The number of hydrogen-bond acceptors (Lipinski definition) is 0. The molecule has 0 aliphatic heterocycles. The lowest BCUT2D eigenvalue weighted by Gasteiger charge is -2.36. The van der Waals surface area contributed by atoms with Gasteiger partial charge in [0.05, 0.1) is 0 Å². The fraction of sp³-hybridized carbons (Fsp3) is 0.692. The largest absolute Gasteiger partial charge is 0.207 e. The highest BCUT2D eigenvalue weighted by molar-refractivity contribution is 5.22. The Morgan fingerprint density at radius 2 is 1.67 bits per heavy atom. The standard InChI is InChI=1S/C26H39F/c1-2-3-4-6-9-21-12-14-23(15-13-21)26(20-22-10-7-5-8-11-22)24-16-18-25(27)19-17-24/h5,7,16-19,21-23,26H,2-4,6,8-15,20H2,1H3. The van der Waals surface area contributed by atoms with Crippen molar-refractivity contribution < 1.29 is 4.39 Å². The molecule has 150 valence electrons. The van der Waals surface area contributed by atoms with Gasteiger partial charge in [-0.1, -0.05) is 76.2 Å². The van der Waals surface area contributed by atoms with E-state index in [1.165, 1.54) is 89.0 Å². The van der Waals surface area contributed by atoms with E-state index in [2.05, 4.69) is 31.2 Å². The Labute approximate surface area is 166 Å². The Morgan fingerprint density at radius 3 is 2.33 bits per heavy atom. The lowest BCUT2D eigenvalue weighted by molar-refractivity contribution is 0.209. The molecule has 0 spiro atoms. The topological polar surface area (TPSA) is 0 Å². The third kappa shape index (κ3) is 6.47. The highest BCUT2D eigenvalue weighted by Crippen LogP contribution is 2.44. The summed E-state index contributed by atoms with van der Waals surface area (Å²) >= 11 is 0. The van der Waals surface area contributed by atoms with Crippen LogP contribution >= 0.6 is 0 Å². The lowest BCUT2D eigenvalue weighted by Crippen LogP contribution is -2.23. The van der Waals surface area contributed by atoms with Gasteiger partial charge >= 0.3 is 0 Å². The molecule has 0 heterocycles. The van der Waals surface area contributed by atoms with Gasteiger partial charge in [0.1, 0.15) is 5.82 Å². The van der Waals surface area contributed by atoms with Crippen LogP contribution in [0.15, 0.2) is 36.4 Å². The molecular weight excluding hydrogens is 331 g/mol. The van der Waals surface area contributed by atoms with E-state index < -0.39 is 0 Å². The normalized spacial score (nSPS) is 26.8. The Hall–Kier alpha value is -1.11. The fourth-order valence-electron chi connectivity index (χ4n) is 5.48. The van der Waals surface area contributed by atoms with Gasteiger partial charge in [-0.15, -0.1) is 0 Å². The van der Waals surface area contributed by atoms with Crippen molar-refractivity contribution >= 4 is 0 Å². The van der Waals surface area contributed by atoms with Crippen LogP contribution in [0.1, 0.15) is 102 Å². The minimum Gasteiger partial charge on any atom is -0.207 e. The van der Waals surface area contributed by atoms with Crippen LogP contribution in [0, 0.1) is 23.6 Å². The first-order chi connectivity index (χ1) is 13.3. The van der Waals surface area contributed by atoms with E-state index in [0.717, 1.165) is 17.8 Å². The van der Waals surface area contributed by atoms with E-state index >= 15 is 0 Å². The van der Waals surface area contributed by atoms with Crippen LogP contribution in [0.4, 0.5) is 4.39 Å². The van der Waals surface area contributed by atoms with Gasteiger partial charge in [0.2, 0.25) is 0 Å². The number of allylic oxidation sites excluding steroid dienone is 2. The van der Waals surface area contributed by atoms with Gasteiger partial charge in [0.25, 0.3) is 0 Å². The zero-order valence-electron chi connectivity index (χ0n) is 17.3. The SMILES string of the molecule is CCCCCCC1CCC(C(CC2CC=CCC2)c2ccc(F)cc2)CC1. The second kappa shape index (κ2) is 11.0. The summed E-state index contributed by atoms with van der Waals surface area (Å²) in [6, 6.07) is 7.47. The molecule has 3 rings (SSSR count). The molecule has 1 aromatic rings. The van der Waals surface area contributed by atoms with Crippen molar-refractivity contribution in [3.05, 3.63) is 47.8 Å². The van der Waals surface area contributed by atoms with Gasteiger partial charge < -0.3 is 0 Å². The molecule has 27 heavy (non-hydrogen) atoms. The molecule has 0 N–H and O–H groups in total. The molecular formula is C26H39F. The molecule has 1 heteroatoms. The summed E-state index contributed by atoms with van der Waals surface area (Å²) in [5.41, 5.74) is 1.39. The molecule has 2 atom stereocenters. The summed E-state index contributed by atoms with van der Waals surface area (Å²) < 4.78 is 13.5. The Kier molecular flexibility index (Phi) is 8.42. The van der Waals surface area contributed by atoms with E-state index in [1.807, 2.05) is 0 Å². The minimum atomic E-state index is -0.103. The Morgan fingerprint density at radius 1 is 0.889 bits per heavy atom. The quantitative estimate of drug-likeness (QED) is 0.302. The van der Waals surface area contributed by atoms with Gasteiger partial charge in [-0.05, 0) is 79.9 Å². The maximum absolute atomic E-state index is 13.5. The predicted octanol–water partition coefficient (Wildman–Crippen LogP) is 8.43. The van der Waals surface area contributed by atoms with Crippen molar-refractivity contribution in [1.82, 2.24) is 0 Å².